The van der Waals surface area contributed by atoms with Crippen LogP contribution in [0.4, 0.5) is 4.79 Å². The SMILES string of the molecule is CCOc1cc(/C=C2/SC(=O)N(CCOC)C2=O)cc(I)c1OC. The minimum Gasteiger partial charge on any atom is -0.492 e. The number of hydrogen-bond donors (Lipinski definition) is 0. The van der Waals surface area contributed by atoms with Gasteiger partial charge in [0.2, 0.25) is 0 Å². The van der Waals surface area contributed by atoms with Gasteiger partial charge in [0.05, 0.1) is 35.3 Å². The lowest BCUT2D eigenvalue weighted by molar-refractivity contribution is -0.123. The molecule has 2 rings (SSSR count). The largest absolute Gasteiger partial charge is 0.492 e. The predicted octanol–water partition coefficient (Wildman–Crippen LogP) is 3.38. The maximum absolute atomic E-state index is 12.3. The quantitative estimate of drug-likeness (QED) is 0.457. The zero-order valence-electron chi connectivity index (χ0n) is 13.6. The third-order valence-electron chi connectivity index (χ3n) is 3.23. The average molecular weight is 463 g/mol. The van der Waals surface area contributed by atoms with Gasteiger partial charge in [-0.3, -0.25) is 14.5 Å². The van der Waals surface area contributed by atoms with Gasteiger partial charge in [-0.25, -0.2) is 0 Å². The highest BCUT2D eigenvalue weighted by molar-refractivity contribution is 14.1. The van der Waals surface area contributed by atoms with Gasteiger partial charge in [0.15, 0.2) is 11.5 Å². The van der Waals surface area contributed by atoms with Crippen molar-refractivity contribution >= 4 is 51.6 Å². The van der Waals surface area contributed by atoms with Gasteiger partial charge >= 0.3 is 0 Å². The molecule has 1 fully saturated rings. The first-order valence-corrected chi connectivity index (χ1v) is 9.16. The van der Waals surface area contributed by atoms with Crippen molar-refractivity contribution in [3.8, 4) is 11.5 Å². The first kappa shape index (κ1) is 19.1. The van der Waals surface area contributed by atoms with Crippen LogP contribution < -0.4 is 9.47 Å². The Morgan fingerprint density at radius 1 is 1.29 bits per heavy atom. The second kappa shape index (κ2) is 8.72. The van der Waals surface area contributed by atoms with E-state index >= 15 is 0 Å². The van der Waals surface area contributed by atoms with Crippen molar-refractivity contribution in [1.82, 2.24) is 4.90 Å². The highest BCUT2D eigenvalue weighted by Crippen LogP contribution is 2.37. The molecule has 0 atom stereocenters. The molecule has 24 heavy (non-hydrogen) atoms. The monoisotopic (exact) mass is 463 g/mol. The number of thioether (sulfide) groups is 1. The van der Waals surface area contributed by atoms with Crippen LogP contribution in [0.3, 0.4) is 0 Å². The van der Waals surface area contributed by atoms with Crippen molar-refractivity contribution in [2.75, 3.05) is 34.0 Å². The maximum Gasteiger partial charge on any atom is 0.293 e. The minimum absolute atomic E-state index is 0.253. The van der Waals surface area contributed by atoms with Crippen LogP contribution in [0.5, 0.6) is 11.5 Å². The summed E-state index contributed by atoms with van der Waals surface area (Å²) in [4.78, 5) is 25.9. The molecule has 0 aromatic heterocycles. The van der Waals surface area contributed by atoms with E-state index in [0.29, 0.717) is 29.6 Å². The Balaban J connectivity index is 2.31. The molecule has 6 nitrogen and oxygen atoms in total. The van der Waals surface area contributed by atoms with Gasteiger partial charge in [0.25, 0.3) is 11.1 Å². The molecule has 2 amide bonds. The topological polar surface area (TPSA) is 65.1 Å². The van der Waals surface area contributed by atoms with Crippen molar-refractivity contribution < 1.29 is 23.8 Å². The number of benzene rings is 1. The van der Waals surface area contributed by atoms with Gasteiger partial charge in [0, 0.05) is 7.11 Å². The fraction of sp³-hybridized carbons (Fsp3) is 0.375. The highest BCUT2D eigenvalue weighted by Gasteiger charge is 2.34. The minimum atomic E-state index is -0.300. The Bertz CT molecular complexity index is 677. The summed E-state index contributed by atoms with van der Waals surface area (Å²) in [5.41, 5.74) is 0.779. The van der Waals surface area contributed by atoms with E-state index in [9.17, 15) is 9.59 Å². The van der Waals surface area contributed by atoms with E-state index in [1.54, 1.807) is 19.3 Å². The summed E-state index contributed by atoms with van der Waals surface area (Å²) in [5, 5.41) is -0.281. The third-order valence-corrected chi connectivity index (χ3v) is 4.93. The van der Waals surface area contributed by atoms with Crippen LogP contribution in [0.25, 0.3) is 6.08 Å². The molecule has 0 radical (unpaired) electrons. The van der Waals surface area contributed by atoms with Gasteiger partial charge in [-0.1, -0.05) is 0 Å². The fourth-order valence-electron chi connectivity index (χ4n) is 2.16. The van der Waals surface area contributed by atoms with Gasteiger partial charge < -0.3 is 14.2 Å². The number of rotatable bonds is 7. The molecule has 0 unspecified atom stereocenters. The number of methoxy groups -OCH3 is 2. The van der Waals surface area contributed by atoms with E-state index in [-0.39, 0.29) is 17.7 Å². The molecule has 0 spiro atoms. The molecule has 1 aromatic rings. The summed E-state index contributed by atoms with van der Waals surface area (Å²) >= 11 is 3.08. The molecule has 0 bridgehead atoms. The molecular formula is C16H18INO5S. The van der Waals surface area contributed by atoms with Crippen LogP contribution in [-0.4, -0.2) is 50.0 Å². The number of amides is 2. The van der Waals surface area contributed by atoms with Crippen LogP contribution in [0.15, 0.2) is 17.0 Å². The zero-order chi connectivity index (χ0) is 17.7. The van der Waals surface area contributed by atoms with Gasteiger partial charge in [-0.2, -0.15) is 0 Å². The first-order chi connectivity index (χ1) is 11.5. The molecule has 1 heterocycles. The van der Waals surface area contributed by atoms with Gasteiger partial charge in [-0.15, -0.1) is 0 Å². The summed E-state index contributed by atoms with van der Waals surface area (Å²) in [6, 6.07) is 3.68. The van der Waals surface area contributed by atoms with Crippen molar-refractivity contribution in [2.24, 2.45) is 0 Å². The number of imide groups is 1. The third kappa shape index (κ3) is 4.22. The lowest BCUT2D eigenvalue weighted by atomic mass is 10.2. The summed E-state index contributed by atoms with van der Waals surface area (Å²) in [6.07, 6.45) is 1.70. The predicted molar refractivity (Wildman–Crippen MR) is 101 cm³/mol. The van der Waals surface area contributed by atoms with Crippen molar-refractivity contribution in [3.05, 3.63) is 26.2 Å². The standard InChI is InChI=1S/C16H18INO5S/c1-4-23-12-8-10(7-11(17)14(12)22-3)9-13-15(19)18(5-6-21-2)16(20)24-13/h7-9H,4-6H2,1-3H3/b13-9+. The second-order valence-electron chi connectivity index (χ2n) is 4.79. The van der Waals surface area contributed by atoms with Gasteiger partial charge in [0.1, 0.15) is 0 Å². The van der Waals surface area contributed by atoms with Crippen LogP contribution in [0, 0.1) is 3.57 Å². The van der Waals surface area contributed by atoms with Crippen LogP contribution in [0.1, 0.15) is 12.5 Å². The Morgan fingerprint density at radius 2 is 2.04 bits per heavy atom. The van der Waals surface area contributed by atoms with Crippen LogP contribution in [0.2, 0.25) is 0 Å². The van der Waals surface area contributed by atoms with E-state index in [1.165, 1.54) is 12.0 Å². The molecule has 1 saturated heterocycles. The normalized spacial score (nSPS) is 16.2. The van der Waals surface area contributed by atoms with Crippen molar-refractivity contribution in [2.45, 2.75) is 6.92 Å². The Hall–Kier alpha value is -1.26. The molecule has 0 N–H and O–H groups in total. The molecule has 8 heteroatoms. The average Bonchev–Trinajstić information content (AvgIpc) is 2.79. The molecule has 130 valence electrons. The summed E-state index contributed by atoms with van der Waals surface area (Å²) < 4.78 is 16.7. The lowest BCUT2D eigenvalue weighted by Crippen LogP contribution is -2.31. The molecule has 1 aromatic carbocycles. The lowest BCUT2D eigenvalue weighted by Gasteiger charge is -2.12. The molecule has 1 aliphatic heterocycles. The molecule has 0 saturated carbocycles. The molecule has 0 aliphatic carbocycles. The number of carbonyl (C=O) groups is 2. The van der Waals surface area contributed by atoms with E-state index in [1.807, 2.05) is 13.0 Å². The van der Waals surface area contributed by atoms with Crippen LogP contribution >= 0.6 is 34.4 Å². The smallest absolute Gasteiger partial charge is 0.293 e. The van der Waals surface area contributed by atoms with E-state index in [4.69, 9.17) is 14.2 Å². The Morgan fingerprint density at radius 3 is 2.67 bits per heavy atom. The van der Waals surface area contributed by atoms with Gasteiger partial charge in [-0.05, 0) is 65.0 Å². The zero-order valence-corrected chi connectivity index (χ0v) is 16.6. The number of nitrogens with zero attached hydrogens (tertiary/aromatic N) is 1. The van der Waals surface area contributed by atoms with E-state index < -0.39 is 0 Å². The molecular weight excluding hydrogens is 445 g/mol. The fourth-order valence-corrected chi connectivity index (χ4v) is 3.87. The summed E-state index contributed by atoms with van der Waals surface area (Å²) in [7, 11) is 3.12. The number of ether oxygens (including phenoxy) is 3. The number of halogens is 1. The van der Waals surface area contributed by atoms with Crippen LogP contribution in [-0.2, 0) is 9.53 Å². The highest BCUT2D eigenvalue weighted by atomic mass is 127. The van der Waals surface area contributed by atoms with Crippen molar-refractivity contribution in [1.29, 1.82) is 0 Å². The Kier molecular flexibility index (Phi) is 6.93. The first-order valence-electron chi connectivity index (χ1n) is 7.26. The maximum atomic E-state index is 12.3. The van der Waals surface area contributed by atoms with Crippen molar-refractivity contribution in [3.63, 3.8) is 0 Å². The summed E-state index contributed by atoms with van der Waals surface area (Å²) in [6.45, 7) is 2.96. The number of carbonyl (C=O) groups excluding carboxylic acids is 2. The van der Waals surface area contributed by atoms with E-state index in [2.05, 4.69) is 22.6 Å². The second-order valence-corrected chi connectivity index (χ2v) is 6.95. The Labute approximate surface area is 158 Å². The molecule has 1 aliphatic rings. The number of hydrogen-bond acceptors (Lipinski definition) is 6. The summed E-state index contributed by atoms with van der Waals surface area (Å²) in [5.74, 6) is 0.963. The van der Waals surface area contributed by atoms with E-state index in [0.717, 1.165) is 20.9 Å².